The van der Waals surface area contributed by atoms with Crippen LogP contribution in [0.25, 0.3) is 0 Å². The molecular weight excluding hydrogens is 218 g/mol. The van der Waals surface area contributed by atoms with Crippen LogP contribution in [0.5, 0.6) is 5.75 Å². The lowest BCUT2D eigenvalue weighted by Crippen LogP contribution is -2.35. The smallest absolute Gasteiger partial charge is 0.254 e. The molecule has 1 fully saturated rings. The Morgan fingerprint density at radius 1 is 1.41 bits per heavy atom. The minimum Gasteiger partial charge on any atom is -0.508 e. The summed E-state index contributed by atoms with van der Waals surface area (Å²) in [7, 11) is 1.64. The number of phenols is 1. The van der Waals surface area contributed by atoms with Crippen molar-refractivity contribution in [2.75, 3.05) is 20.3 Å². The molecule has 17 heavy (non-hydrogen) atoms. The van der Waals surface area contributed by atoms with Gasteiger partial charge in [-0.3, -0.25) is 4.79 Å². The van der Waals surface area contributed by atoms with Crippen molar-refractivity contribution in [1.29, 1.82) is 0 Å². The molecule has 2 rings (SSSR count). The maximum absolute atomic E-state index is 12.2. The van der Waals surface area contributed by atoms with E-state index in [1.54, 1.807) is 19.2 Å². The number of phenolic OH excluding ortho intramolecular Hbond substituents is 1. The Hall–Kier alpha value is -1.55. The van der Waals surface area contributed by atoms with Gasteiger partial charge in [0.15, 0.2) is 0 Å². The Morgan fingerprint density at radius 3 is 2.59 bits per heavy atom. The molecule has 0 radical (unpaired) electrons. The fourth-order valence-corrected chi connectivity index (χ4v) is 1.80. The first-order valence-corrected chi connectivity index (χ1v) is 5.81. The Labute approximate surface area is 101 Å². The van der Waals surface area contributed by atoms with Crippen molar-refractivity contribution in [3.63, 3.8) is 0 Å². The van der Waals surface area contributed by atoms with E-state index in [0.29, 0.717) is 24.8 Å². The van der Waals surface area contributed by atoms with Gasteiger partial charge >= 0.3 is 0 Å². The summed E-state index contributed by atoms with van der Waals surface area (Å²) in [6.45, 7) is 1.18. The maximum atomic E-state index is 12.2. The minimum atomic E-state index is 0.0181. The molecule has 0 atom stereocenters. The molecule has 0 saturated heterocycles. The minimum absolute atomic E-state index is 0.0181. The predicted octanol–water partition coefficient (Wildman–Crippen LogP) is 1.64. The fourth-order valence-electron chi connectivity index (χ4n) is 1.80. The number of rotatable bonds is 5. The number of hydrogen-bond acceptors (Lipinski definition) is 3. The van der Waals surface area contributed by atoms with Crippen LogP contribution in [-0.2, 0) is 4.74 Å². The normalized spacial score (nSPS) is 14.6. The van der Waals surface area contributed by atoms with Gasteiger partial charge in [0.05, 0.1) is 6.61 Å². The highest BCUT2D eigenvalue weighted by atomic mass is 16.5. The molecule has 1 aliphatic rings. The van der Waals surface area contributed by atoms with Crippen LogP contribution >= 0.6 is 0 Å². The summed E-state index contributed by atoms with van der Waals surface area (Å²) in [6, 6.07) is 6.75. The molecule has 92 valence electrons. The third-order valence-electron chi connectivity index (χ3n) is 2.90. The third kappa shape index (κ3) is 2.97. The van der Waals surface area contributed by atoms with Crippen molar-refractivity contribution in [2.24, 2.45) is 0 Å². The number of methoxy groups -OCH3 is 1. The molecule has 0 unspecified atom stereocenters. The third-order valence-corrected chi connectivity index (χ3v) is 2.90. The van der Waals surface area contributed by atoms with Gasteiger partial charge in [0.25, 0.3) is 5.91 Å². The molecular formula is C13H17NO3. The number of amides is 1. The standard InChI is InChI=1S/C13H17NO3/c1-17-9-8-14(11-4-5-11)13(16)10-2-6-12(15)7-3-10/h2-3,6-7,11,15H,4-5,8-9H2,1H3. The Kier molecular flexibility index (Phi) is 3.64. The van der Waals surface area contributed by atoms with Gasteiger partial charge in [-0.2, -0.15) is 0 Å². The molecule has 0 spiro atoms. The van der Waals surface area contributed by atoms with Gasteiger partial charge in [0, 0.05) is 25.3 Å². The van der Waals surface area contributed by atoms with Gasteiger partial charge in [-0.15, -0.1) is 0 Å². The van der Waals surface area contributed by atoms with E-state index in [1.807, 2.05) is 4.90 Å². The van der Waals surface area contributed by atoms with E-state index < -0.39 is 0 Å². The van der Waals surface area contributed by atoms with Crippen LogP contribution in [-0.4, -0.2) is 42.2 Å². The average Bonchev–Trinajstić information content (AvgIpc) is 3.14. The first kappa shape index (κ1) is 11.9. The van der Waals surface area contributed by atoms with E-state index >= 15 is 0 Å². The highest BCUT2D eigenvalue weighted by Crippen LogP contribution is 2.28. The molecule has 1 N–H and O–H groups in total. The Bertz CT molecular complexity index is 384. The van der Waals surface area contributed by atoms with Crippen LogP contribution in [0.3, 0.4) is 0 Å². The highest BCUT2D eigenvalue weighted by molar-refractivity contribution is 5.94. The Morgan fingerprint density at radius 2 is 2.06 bits per heavy atom. The second-order valence-corrected chi connectivity index (χ2v) is 4.27. The maximum Gasteiger partial charge on any atom is 0.254 e. The first-order chi connectivity index (χ1) is 8.22. The van der Waals surface area contributed by atoms with Gasteiger partial charge in [0.2, 0.25) is 0 Å². The van der Waals surface area contributed by atoms with Gasteiger partial charge in [-0.05, 0) is 37.1 Å². The summed E-state index contributed by atoms with van der Waals surface area (Å²) in [5, 5.41) is 9.20. The fraction of sp³-hybridized carbons (Fsp3) is 0.462. The number of hydrogen-bond donors (Lipinski definition) is 1. The van der Waals surface area contributed by atoms with E-state index in [4.69, 9.17) is 4.74 Å². The summed E-state index contributed by atoms with van der Waals surface area (Å²) in [4.78, 5) is 14.1. The molecule has 1 aromatic rings. The zero-order valence-electron chi connectivity index (χ0n) is 9.93. The molecule has 1 aliphatic carbocycles. The molecule has 0 heterocycles. The number of ether oxygens (including phenoxy) is 1. The van der Waals surface area contributed by atoms with E-state index in [0.717, 1.165) is 12.8 Å². The van der Waals surface area contributed by atoms with E-state index in [2.05, 4.69) is 0 Å². The van der Waals surface area contributed by atoms with Crippen molar-refractivity contribution < 1.29 is 14.6 Å². The molecule has 4 nitrogen and oxygen atoms in total. The second-order valence-electron chi connectivity index (χ2n) is 4.27. The quantitative estimate of drug-likeness (QED) is 0.844. The van der Waals surface area contributed by atoms with Crippen LogP contribution in [0, 0.1) is 0 Å². The molecule has 0 bridgehead atoms. The van der Waals surface area contributed by atoms with Crippen molar-refractivity contribution in [3.05, 3.63) is 29.8 Å². The highest BCUT2D eigenvalue weighted by Gasteiger charge is 2.32. The van der Waals surface area contributed by atoms with Crippen molar-refractivity contribution in [2.45, 2.75) is 18.9 Å². The number of carbonyl (C=O) groups excluding carboxylic acids is 1. The van der Waals surface area contributed by atoms with E-state index in [1.165, 1.54) is 12.1 Å². The molecule has 0 aliphatic heterocycles. The van der Waals surface area contributed by atoms with Crippen molar-refractivity contribution in [3.8, 4) is 5.75 Å². The lowest BCUT2D eigenvalue weighted by Gasteiger charge is -2.22. The summed E-state index contributed by atoms with van der Waals surface area (Å²) in [5.41, 5.74) is 0.616. The summed E-state index contributed by atoms with van der Waals surface area (Å²) < 4.78 is 5.02. The van der Waals surface area contributed by atoms with Gasteiger partial charge in [-0.25, -0.2) is 0 Å². The van der Waals surface area contributed by atoms with Crippen molar-refractivity contribution >= 4 is 5.91 Å². The van der Waals surface area contributed by atoms with Crippen molar-refractivity contribution in [1.82, 2.24) is 4.90 Å². The van der Waals surface area contributed by atoms with Gasteiger partial charge in [-0.1, -0.05) is 0 Å². The molecule has 1 saturated carbocycles. The second kappa shape index (κ2) is 5.19. The van der Waals surface area contributed by atoms with Gasteiger partial charge in [0.1, 0.15) is 5.75 Å². The largest absolute Gasteiger partial charge is 0.508 e. The zero-order chi connectivity index (χ0) is 12.3. The van der Waals surface area contributed by atoms with Crippen LogP contribution in [0.4, 0.5) is 0 Å². The number of carbonyl (C=O) groups is 1. The topological polar surface area (TPSA) is 49.8 Å². The Balaban J connectivity index is 2.07. The zero-order valence-corrected chi connectivity index (χ0v) is 9.93. The lowest BCUT2D eigenvalue weighted by molar-refractivity contribution is 0.0680. The molecule has 4 heteroatoms. The predicted molar refractivity (Wildman–Crippen MR) is 64.0 cm³/mol. The van der Waals surface area contributed by atoms with Gasteiger partial charge < -0.3 is 14.7 Å². The van der Waals surface area contributed by atoms with E-state index in [-0.39, 0.29) is 11.7 Å². The lowest BCUT2D eigenvalue weighted by atomic mass is 10.2. The SMILES string of the molecule is COCCN(C(=O)c1ccc(O)cc1)C1CC1. The summed E-state index contributed by atoms with van der Waals surface area (Å²) in [5.74, 6) is 0.195. The van der Waals surface area contributed by atoms with E-state index in [9.17, 15) is 9.90 Å². The number of aromatic hydroxyl groups is 1. The number of benzene rings is 1. The average molecular weight is 235 g/mol. The van der Waals surface area contributed by atoms with Crippen LogP contribution in [0.2, 0.25) is 0 Å². The summed E-state index contributed by atoms with van der Waals surface area (Å²) >= 11 is 0. The van der Waals surface area contributed by atoms with Crippen LogP contribution in [0.15, 0.2) is 24.3 Å². The van der Waals surface area contributed by atoms with Crippen LogP contribution in [0.1, 0.15) is 23.2 Å². The summed E-state index contributed by atoms with van der Waals surface area (Å²) in [6.07, 6.45) is 2.15. The molecule has 0 aromatic heterocycles. The molecule has 1 aromatic carbocycles. The van der Waals surface area contributed by atoms with Crippen LogP contribution < -0.4 is 0 Å². The first-order valence-electron chi connectivity index (χ1n) is 5.81. The molecule has 1 amide bonds. The monoisotopic (exact) mass is 235 g/mol. The number of nitrogens with zero attached hydrogens (tertiary/aromatic N) is 1.